The second kappa shape index (κ2) is 13.5. The van der Waals surface area contributed by atoms with Crippen LogP contribution in [0.4, 0.5) is 0 Å². The number of benzene rings is 1. The number of rotatable bonds is 14. The number of phenolic OH excluding ortho intramolecular Hbond substituents is 1. The number of carbonyl (C=O) groups excluding carboxylic acids is 4. The summed E-state index contributed by atoms with van der Waals surface area (Å²) < 4.78 is 0. The molecule has 4 unspecified atom stereocenters. The van der Waals surface area contributed by atoms with Crippen LogP contribution in [0.25, 0.3) is 0 Å². The Bertz CT molecular complexity index is 952. The quantitative estimate of drug-likeness (QED) is 0.120. The molecule has 0 saturated heterocycles. The summed E-state index contributed by atoms with van der Waals surface area (Å²) in [5.41, 5.74) is 11.1. The Morgan fingerprint density at radius 1 is 0.800 bits per heavy atom. The molecule has 0 aliphatic rings. The van der Waals surface area contributed by atoms with E-state index in [-0.39, 0.29) is 12.2 Å². The van der Waals surface area contributed by atoms with Crippen molar-refractivity contribution in [2.75, 3.05) is 6.61 Å². The molecule has 0 aliphatic heterocycles. The fraction of sp³-hybridized carbons (Fsp3) is 0.400. The minimum Gasteiger partial charge on any atom is -0.508 e. The molecule has 4 atom stereocenters. The summed E-state index contributed by atoms with van der Waals surface area (Å²) in [5, 5.41) is 42.9. The third-order valence-corrected chi connectivity index (χ3v) is 4.58. The van der Waals surface area contributed by atoms with Crippen molar-refractivity contribution >= 4 is 35.6 Å². The molecule has 0 heterocycles. The van der Waals surface area contributed by atoms with Crippen molar-refractivity contribution in [2.45, 2.75) is 43.4 Å². The highest BCUT2D eigenvalue weighted by Crippen LogP contribution is 2.12. The van der Waals surface area contributed by atoms with E-state index in [4.69, 9.17) is 26.8 Å². The van der Waals surface area contributed by atoms with E-state index in [0.717, 1.165) is 0 Å². The number of carboxylic acids is 2. The summed E-state index contributed by atoms with van der Waals surface area (Å²) in [6.07, 6.45) is -1.67. The van der Waals surface area contributed by atoms with E-state index in [9.17, 15) is 33.9 Å². The van der Waals surface area contributed by atoms with Crippen LogP contribution in [0.1, 0.15) is 18.4 Å². The number of aliphatic carboxylic acids is 2. The van der Waals surface area contributed by atoms with Crippen molar-refractivity contribution < 1.29 is 49.2 Å². The molecule has 192 valence electrons. The van der Waals surface area contributed by atoms with Crippen molar-refractivity contribution in [2.24, 2.45) is 11.5 Å². The summed E-state index contributed by atoms with van der Waals surface area (Å²) in [4.78, 5) is 71.0. The van der Waals surface area contributed by atoms with Gasteiger partial charge in [0.25, 0.3) is 0 Å². The summed E-state index contributed by atoms with van der Waals surface area (Å²) in [5.74, 6) is -7.23. The number of primary amides is 1. The first-order valence-electron chi connectivity index (χ1n) is 10.1. The Labute approximate surface area is 198 Å². The summed E-state index contributed by atoms with van der Waals surface area (Å²) in [6, 6.07) is -0.859. The van der Waals surface area contributed by atoms with E-state index >= 15 is 0 Å². The van der Waals surface area contributed by atoms with Crippen LogP contribution in [0.15, 0.2) is 24.3 Å². The van der Waals surface area contributed by atoms with Crippen LogP contribution in [0.5, 0.6) is 5.75 Å². The molecule has 15 nitrogen and oxygen atoms in total. The van der Waals surface area contributed by atoms with Gasteiger partial charge >= 0.3 is 11.9 Å². The third-order valence-electron chi connectivity index (χ3n) is 4.58. The van der Waals surface area contributed by atoms with Gasteiger partial charge in [0.05, 0.1) is 25.5 Å². The molecule has 1 rings (SSSR count). The monoisotopic (exact) mass is 497 g/mol. The van der Waals surface area contributed by atoms with E-state index < -0.39 is 79.2 Å². The van der Waals surface area contributed by atoms with Crippen molar-refractivity contribution in [3.63, 3.8) is 0 Å². The van der Waals surface area contributed by atoms with Crippen LogP contribution in [0, 0.1) is 0 Å². The summed E-state index contributed by atoms with van der Waals surface area (Å²) >= 11 is 0. The maximum absolute atomic E-state index is 12.9. The number of amides is 4. The van der Waals surface area contributed by atoms with Gasteiger partial charge in [-0.25, -0.2) is 4.79 Å². The van der Waals surface area contributed by atoms with Crippen molar-refractivity contribution in [3.8, 4) is 5.75 Å². The third kappa shape index (κ3) is 10.1. The average Bonchev–Trinajstić information content (AvgIpc) is 2.76. The topological polar surface area (TPSA) is 271 Å². The van der Waals surface area contributed by atoms with E-state index in [0.29, 0.717) is 5.56 Å². The fourth-order valence-electron chi connectivity index (χ4n) is 2.78. The number of hydrogen-bond donors (Lipinski definition) is 9. The van der Waals surface area contributed by atoms with E-state index in [1.54, 1.807) is 0 Å². The molecule has 0 spiro atoms. The van der Waals surface area contributed by atoms with Gasteiger partial charge in [-0.1, -0.05) is 12.1 Å². The Morgan fingerprint density at radius 3 is 1.80 bits per heavy atom. The highest BCUT2D eigenvalue weighted by Gasteiger charge is 2.31. The maximum Gasteiger partial charge on any atom is 0.328 e. The summed E-state index contributed by atoms with van der Waals surface area (Å²) in [7, 11) is 0. The molecule has 11 N–H and O–H groups in total. The second-order valence-corrected chi connectivity index (χ2v) is 7.45. The lowest BCUT2D eigenvalue weighted by Gasteiger charge is -2.24. The number of nitrogens with one attached hydrogen (secondary N) is 3. The number of aromatic hydroxyl groups is 1. The van der Waals surface area contributed by atoms with Gasteiger partial charge in [0.1, 0.15) is 23.9 Å². The van der Waals surface area contributed by atoms with Crippen LogP contribution in [0.2, 0.25) is 0 Å². The molecule has 15 heteroatoms. The molecule has 0 saturated carbocycles. The fourth-order valence-corrected chi connectivity index (χ4v) is 2.78. The van der Waals surface area contributed by atoms with Crippen molar-refractivity contribution in [3.05, 3.63) is 29.8 Å². The first kappa shape index (κ1) is 28.8. The highest BCUT2D eigenvalue weighted by atomic mass is 16.4. The van der Waals surface area contributed by atoms with Crippen molar-refractivity contribution in [1.29, 1.82) is 0 Å². The van der Waals surface area contributed by atoms with Crippen LogP contribution in [-0.4, -0.2) is 86.8 Å². The largest absolute Gasteiger partial charge is 0.508 e. The Balaban J connectivity index is 3.13. The van der Waals surface area contributed by atoms with Crippen LogP contribution < -0.4 is 27.4 Å². The van der Waals surface area contributed by atoms with E-state index in [1.165, 1.54) is 24.3 Å². The number of carboxylic acid groups (broad SMARTS) is 2. The Kier molecular flexibility index (Phi) is 11.1. The van der Waals surface area contributed by atoms with Gasteiger partial charge in [-0.15, -0.1) is 0 Å². The maximum atomic E-state index is 12.9. The Hall–Kier alpha value is -4.24. The zero-order chi connectivity index (χ0) is 26.7. The minimum atomic E-state index is -1.77. The molecular formula is C20H27N5O10. The van der Waals surface area contributed by atoms with Crippen molar-refractivity contribution in [1.82, 2.24) is 16.0 Å². The zero-order valence-corrected chi connectivity index (χ0v) is 18.3. The molecule has 0 radical (unpaired) electrons. The lowest BCUT2D eigenvalue weighted by Crippen LogP contribution is -2.58. The number of hydrogen-bond acceptors (Lipinski definition) is 9. The lowest BCUT2D eigenvalue weighted by atomic mass is 10.0. The number of phenols is 1. The average molecular weight is 497 g/mol. The van der Waals surface area contributed by atoms with Gasteiger partial charge in [0, 0.05) is 6.42 Å². The highest BCUT2D eigenvalue weighted by molar-refractivity contribution is 5.96. The summed E-state index contributed by atoms with van der Waals surface area (Å²) in [6.45, 7) is -0.994. The first-order chi connectivity index (χ1) is 16.3. The van der Waals surface area contributed by atoms with Crippen LogP contribution in [0.3, 0.4) is 0 Å². The number of aliphatic hydroxyl groups is 1. The van der Waals surface area contributed by atoms with Gasteiger partial charge in [-0.05, 0) is 17.7 Å². The number of carbonyl (C=O) groups is 6. The first-order valence-corrected chi connectivity index (χ1v) is 10.1. The zero-order valence-electron chi connectivity index (χ0n) is 18.3. The smallest absolute Gasteiger partial charge is 0.328 e. The van der Waals surface area contributed by atoms with E-state index in [1.807, 2.05) is 5.32 Å². The molecule has 1 aromatic carbocycles. The molecule has 0 aromatic heterocycles. The molecule has 4 amide bonds. The normalized spacial score (nSPS) is 14.0. The lowest BCUT2D eigenvalue weighted by molar-refractivity contribution is -0.144. The van der Waals surface area contributed by atoms with Gasteiger partial charge in [0.2, 0.25) is 23.6 Å². The molecule has 1 aromatic rings. The van der Waals surface area contributed by atoms with Gasteiger partial charge < -0.3 is 47.8 Å². The van der Waals surface area contributed by atoms with Crippen LogP contribution >= 0.6 is 0 Å². The van der Waals surface area contributed by atoms with Gasteiger partial charge in [-0.3, -0.25) is 24.0 Å². The molecule has 0 bridgehead atoms. The predicted octanol–water partition coefficient (Wildman–Crippen LogP) is -3.86. The molecule has 35 heavy (non-hydrogen) atoms. The number of aliphatic hydroxyl groups excluding tert-OH is 1. The van der Waals surface area contributed by atoms with Gasteiger partial charge in [-0.2, -0.15) is 0 Å². The molecular weight excluding hydrogens is 470 g/mol. The standard InChI is InChI=1S/C20H27N5O10/c21-11(6-15(22)28)17(31)23-12(5-9-1-3-10(27)4-2-9)18(32)24-13(7-16(29)30)19(33)25-14(8-26)20(34)35/h1-4,11-14,26-27H,5-8,21H2,(H2,22,28)(H,23,31)(H,24,32)(H,25,33)(H,29,30)(H,34,35). The molecule has 0 fully saturated rings. The second-order valence-electron chi connectivity index (χ2n) is 7.45. The van der Waals surface area contributed by atoms with E-state index in [2.05, 4.69) is 10.6 Å². The van der Waals surface area contributed by atoms with Crippen LogP contribution in [-0.2, 0) is 35.2 Å². The predicted molar refractivity (Wildman–Crippen MR) is 116 cm³/mol. The van der Waals surface area contributed by atoms with Gasteiger partial charge in [0.15, 0.2) is 0 Å². The SMILES string of the molecule is NC(=O)CC(N)C(=O)NC(Cc1ccc(O)cc1)C(=O)NC(CC(=O)O)C(=O)NC(CO)C(=O)O. The Morgan fingerprint density at radius 2 is 1.31 bits per heavy atom. The number of nitrogens with two attached hydrogens (primary N) is 2. The minimum absolute atomic E-state index is 0.0719. The molecule has 0 aliphatic carbocycles.